The third-order valence-electron chi connectivity index (χ3n) is 3.89. The molecule has 0 saturated heterocycles. The van der Waals surface area contributed by atoms with Gasteiger partial charge in [0.1, 0.15) is 0 Å². The van der Waals surface area contributed by atoms with Crippen molar-refractivity contribution >= 4 is 29.0 Å². The van der Waals surface area contributed by atoms with Crippen molar-refractivity contribution in [3.8, 4) is 0 Å². The summed E-state index contributed by atoms with van der Waals surface area (Å²) in [6.07, 6.45) is 8.25. The van der Waals surface area contributed by atoms with Crippen LogP contribution in [0.1, 0.15) is 36.1 Å². The summed E-state index contributed by atoms with van der Waals surface area (Å²) in [6.45, 7) is 3.13. The molecular weight excluding hydrogens is 300 g/mol. The smallest absolute Gasteiger partial charge is 0.236 e. The number of rotatable bonds is 9. The number of nitrogens with zero attached hydrogens (tertiary/aromatic N) is 1. The number of unbranched alkanes of at least 4 members (excludes halogenated alkanes) is 3. The molecule has 0 saturated carbocycles. The number of carbonyl (C=O) groups is 1. The second-order valence-corrected chi connectivity index (χ2v) is 7.50. The fraction of sp³-hybridized carbons (Fsp3) is 0.688. The van der Waals surface area contributed by atoms with Gasteiger partial charge in [0.25, 0.3) is 0 Å². The van der Waals surface area contributed by atoms with E-state index in [0.29, 0.717) is 6.54 Å². The van der Waals surface area contributed by atoms with Gasteiger partial charge in [0.05, 0.1) is 6.54 Å². The zero-order valence-corrected chi connectivity index (χ0v) is 14.5. The molecule has 118 valence electrons. The summed E-state index contributed by atoms with van der Waals surface area (Å²) in [5.41, 5.74) is 1.34. The van der Waals surface area contributed by atoms with Crippen molar-refractivity contribution in [1.29, 1.82) is 0 Å². The Labute approximate surface area is 136 Å². The van der Waals surface area contributed by atoms with Crippen LogP contribution < -0.4 is 5.32 Å². The average Bonchev–Trinajstić information content (AvgIpc) is 2.97. The molecule has 0 atom stereocenters. The number of thioether (sulfide) groups is 1. The van der Waals surface area contributed by atoms with Gasteiger partial charge in [-0.05, 0) is 54.8 Å². The highest BCUT2D eigenvalue weighted by Gasteiger charge is 2.20. The molecule has 2 rings (SSSR count). The third kappa shape index (κ3) is 5.64. The van der Waals surface area contributed by atoms with Gasteiger partial charge in [-0.2, -0.15) is 11.8 Å². The second-order valence-electron chi connectivity index (χ2n) is 5.52. The lowest BCUT2D eigenvalue weighted by atomic mass is 10.1. The molecule has 0 fully saturated rings. The predicted octanol–water partition coefficient (Wildman–Crippen LogP) is 3.15. The van der Waals surface area contributed by atoms with E-state index in [9.17, 15) is 4.79 Å². The molecule has 1 aliphatic rings. The molecule has 0 unspecified atom stereocenters. The molecule has 0 aliphatic carbocycles. The van der Waals surface area contributed by atoms with E-state index in [-0.39, 0.29) is 5.91 Å². The number of carbonyl (C=O) groups excluding carboxylic acids is 1. The first-order valence-electron chi connectivity index (χ1n) is 7.84. The van der Waals surface area contributed by atoms with Crippen LogP contribution in [-0.2, 0) is 17.8 Å². The van der Waals surface area contributed by atoms with Gasteiger partial charge >= 0.3 is 0 Å². The molecule has 0 spiro atoms. The van der Waals surface area contributed by atoms with E-state index in [2.05, 4.69) is 23.0 Å². The van der Waals surface area contributed by atoms with Gasteiger partial charge in [0.2, 0.25) is 5.91 Å². The lowest BCUT2D eigenvalue weighted by molar-refractivity contribution is -0.131. The maximum atomic E-state index is 12.2. The highest BCUT2D eigenvalue weighted by atomic mass is 32.2. The summed E-state index contributed by atoms with van der Waals surface area (Å²) >= 11 is 3.74. The lowest BCUT2D eigenvalue weighted by Gasteiger charge is -2.27. The number of hydrogen-bond donors (Lipinski definition) is 1. The molecule has 1 aromatic rings. The Morgan fingerprint density at radius 3 is 3.10 bits per heavy atom. The Bertz CT molecular complexity index is 434. The molecular formula is C16H26N2OS2. The van der Waals surface area contributed by atoms with Crippen LogP contribution in [0.15, 0.2) is 11.4 Å². The van der Waals surface area contributed by atoms with Crippen LogP contribution in [-0.4, -0.2) is 42.4 Å². The average molecular weight is 327 g/mol. The summed E-state index contributed by atoms with van der Waals surface area (Å²) in [4.78, 5) is 15.6. The fourth-order valence-electron chi connectivity index (χ4n) is 2.62. The van der Waals surface area contributed by atoms with Crippen molar-refractivity contribution < 1.29 is 4.79 Å². The minimum atomic E-state index is 0.245. The maximum absolute atomic E-state index is 12.2. The lowest BCUT2D eigenvalue weighted by Crippen LogP contribution is -2.41. The highest BCUT2D eigenvalue weighted by molar-refractivity contribution is 7.98. The minimum Gasteiger partial charge on any atom is -0.337 e. The molecule has 1 N–H and O–H groups in total. The topological polar surface area (TPSA) is 32.3 Å². The monoisotopic (exact) mass is 326 g/mol. The van der Waals surface area contributed by atoms with Crippen LogP contribution in [0, 0.1) is 0 Å². The van der Waals surface area contributed by atoms with E-state index < -0.39 is 0 Å². The van der Waals surface area contributed by atoms with E-state index in [1.807, 2.05) is 28.0 Å². The summed E-state index contributed by atoms with van der Waals surface area (Å²) in [5, 5.41) is 5.43. The molecule has 1 aliphatic heterocycles. The van der Waals surface area contributed by atoms with E-state index in [1.54, 1.807) is 0 Å². The standard InChI is InChI=1S/C16H26N2OS2/c1-20-10-5-3-2-4-8-17-12-16(19)18-9-6-15-14(13-18)7-11-21-15/h7,11,17H,2-6,8-10,12-13H2,1H3. The normalized spacial score (nSPS) is 14.2. The van der Waals surface area contributed by atoms with Crippen LogP contribution in [0.3, 0.4) is 0 Å². The largest absolute Gasteiger partial charge is 0.337 e. The molecule has 21 heavy (non-hydrogen) atoms. The van der Waals surface area contributed by atoms with E-state index in [4.69, 9.17) is 0 Å². The maximum Gasteiger partial charge on any atom is 0.236 e. The third-order valence-corrected chi connectivity index (χ3v) is 5.61. The Morgan fingerprint density at radius 1 is 1.38 bits per heavy atom. The molecule has 1 amide bonds. The van der Waals surface area contributed by atoms with Crippen molar-refractivity contribution in [2.45, 2.75) is 38.6 Å². The number of hydrogen-bond acceptors (Lipinski definition) is 4. The number of amides is 1. The molecule has 0 bridgehead atoms. The Balaban J connectivity index is 1.54. The van der Waals surface area contributed by atoms with Crippen LogP contribution in [0.4, 0.5) is 0 Å². The Hall–Kier alpha value is -0.520. The van der Waals surface area contributed by atoms with Gasteiger partial charge in [0.15, 0.2) is 0 Å². The van der Waals surface area contributed by atoms with Crippen LogP contribution >= 0.6 is 23.1 Å². The van der Waals surface area contributed by atoms with Crippen molar-refractivity contribution in [3.05, 3.63) is 21.9 Å². The molecule has 1 aromatic heterocycles. The summed E-state index contributed by atoms with van der Waals surface area (Å²) in [6, 6.07) is 2.15. The molecule has 0 aromatic carbocycles. The van der Waals surface area contributed by atoms with Crippen LogP contribution in [0.2, 0.25) is 0 Å². The van der Waals surface area contributed by atoms with Crippen LogP contribution in [0.25, 0.3) is 0 Å². The van der Waals surface area contributed by atoms with Crippen molar-refractivity contribution in [2.24, 2.45) is 0 Å². The first kappa shape index (κ1) is 16.8. The van der Waals surface area contributed by atoms with Gasteiger partial charge in [-0.3, -0.25) is 4.79 Å². The Kier molecular flexibility index (Phi) is 7.61. The summed E-state index contributed by atoms with van der Waals surface area (Å²) < 4.78 is 0. The van der Waals surface area contributed by atoms with Gasteiger partial charge in [0, 0.05) is 18.0 Å². The first-order valence-corrected chi connectivity index (χ1v) is 10.1. The molecule has 5 heteroatoms. The van der Waals surface area contributed by atoms with Gasteiger partial charge in [-0.1, -0.05) is 12.8 Å². The van der Waals surface area contributed by atoms with Gasteiger partial charge in [-0.25, -0.2) is 0 Å². The zero-order chi connectivity index (χ0) is 14.9. The quantitative estimate of drug-likeness (QED) is 0.708. The zero-order valence-electron chi connectivity index (χ0n) is 12.9. The predicted molar refractivity (Wildman–Crippen MR) is 93.2 cm³/mol. The van der Waals surface area contributed by atoms with Gasteiger partial charge < -0.3 is 10.2 Å². The molecule has 0 radical (unpaired) electrons. The van der Waals surface area contributed by atoms with Crippen molar-refractivity contribution in [2.75, 3.05) is 31.6 Å². The highest BCUT2D eigenvalue weighted by Crippen LogP contribution is 2.23. The number of thiophene rings is 1. The summed E-state index contributed by atoms with van der Waals surface area (Å²) in [5.74, 6) is 1.51. The fourth-order valence-corrected chi connectivity index (χ4v) is 4.00. The number of nitrogens with one attached hydrogen (secondary N) is 1. The van der Waals surface area contributed by atoms with Crippen molar-refractivity contribution in [1.82, 2.24) is 10.2 Å². The van der Waals surface area contributed by atoms with E-state index in [1.165, 1.54) is 41.9 Å². The molecule has 3 nitrogen and oxygen atoms in total. The van der Waals surface area contributed by atoms with Crippen LogP contribution in [0.5, 0.6) is 0 Å². The second kappa shape index (κ2) is 9.49. The van der Waals surface area contributed by atoms with E-state index >= 15 is 0 Å². The SMILES string of the molecule is CSCCCCCCNCC(=O)N1CCc2sccc2C1. The van der Waals surface area contributed by atoms with Crippen molar-refractivity contribution in [3.63, 3.8) is 0 Å². The summed E-state index contributed by atoms with van der Waals surface area (Å²) in [7, 11) is 0. The van der Waals surface area contributed by atoms with Gasteiger partial charge in [-0.15, -0.1) is 11.3 Å². The minimum absolute atomic E-state index is 0.245. The first-order chi connectivity index (χ1) is 10.3. The number of fused-ring (bicyclic) bond motifs is 1. The Morgan fingerprint density at radius 2 is 2.24 bits per heavy atom. The molecule has 2 heterocycles. The van der Waals surface area contributed by atoms with E-state index in [0.717, 1.165) is 26.1 Å².